The van der Waals surface area contributed by atoms with Gasteiger partial charge in [0.15, 0.2) is 5.69 Å². The van der Waals surface area contributed by atoms with Crippen LogP contribution in [-0.4, -0.2) is 43.7 Å². The summed E-state index contributed by atoms with van der Waals surface area (Å²) >= 11 is 1.63. The second-order valence-electron chi connectivity index (χ2n) is 6.73. The number of hydrogen-bond acceptors (Lipinski definition) is 6. The highest BCUT2D eigenvalue weighted by molar-refractivity contribution is 7.13. The van der Waals surface area contributed by atoms with Crippen LogP contribution >= 0.6 is 11.3 Å². The van der Waals surface area contributed by atoms with Crippen molar-refractivity contribution in [2.24, 2.45) is 0 Å². The molecule has 0 unspecified atom stereocenters. The summed E-state index contributed by atoms with van der Waals surface area (Å²) in [5.41, 5.74) is 2.23. The summed E-state index contributed by atoms with van der Waals surface area (Å²) in [5.74, 6) is -0.227. The van der Waals surface area contributed by atoms with Gasteiger partial charge in [-0.3, -0.25) is 14.6 Å². The number of aromatic amines is 1. The zero-order valence-electron chi connectivity index (χ0n) is 15.0. The number of carbonyl (C=O) groups excluding carboxylic acids is 1. The Labute approximate surface area is 161 Å². The highest BCUT2D eigenvalue weighted by atomic mass is 32.1. The highest BCUT2D eigenvalue weighted by Crippen LogP contribution is 2.25. The van der Waals surface area contributed by atoms with Crippen LogP contribution in [-0.2, 0) is 13.1 Å². The lowest BCUT2D eigenvalue weighted by atomic mass is 10.0. The van der Waals surface area contributed by atoms with E-state index in [9.17, 15) is 4.79 Å². The van der Waals surface area contributed by atoms with E-state index in [2.05, 4.69) is 31.1 Å². The second kappa shape index (κ2) is 8.45. The summed E-state index contributed by atoms with van der Waals surface area (Å²) in [6.07, 6.45) is 8.21. The predicted molar refractivity (Wildman–Crippen MR) is 103 cm³/mol. The quantitative estimate of drug-likeness (QED) is 0.579. The molecule has 0 radical (unpaired) electrons. The van der Waals surface area contributed by atoms with Crippen LogP contribution in [0.4, 0.5) is 0 Å². The molecule has 0 spiro atoms. The molecular weight excluding hydrogens is 362 g/mol. The van der Waals surface area contributed by atoms with E-state index in [4.69, 9.17) is 0 Å². The molecule has 0 aliphatic carbocycles. The third-order valence-corrected chi connectivity index (χ3v) is 5.70. The first-order valence-corrected chi connectivity index (χ1v) is 10.2. The van der Waals surface area contributed by atoms with Crippen molar-refractivity contribution in [2.45, 2.75) is 44.8 Å². The second-order valence-corrected chi connectivity index (χ2v) is 7.68. The molecule has 9 heteroatoms. The maximum Gasteiger partial charge on any atom is 0.273 e. The van der Waals surface area contributed by atoms with Gasteiger partial charge in [0.05, 0.1) is 23.0 Å². The van der Waals surface area contributed by atoms with Gasteiger partial charge in [-0.15, -0.1) is 16.4 Å². The van der Waals surface area contributed by atoms with Crippen LogP contribution in [0, 0.1) is 0 Å². The normalized spacial score (nSPS) is 17.1. The van der Waals surface area contributed by atoms with Crippen LogP contribution in [0.2, 0.25) is 0 Å². The molecule has 3 aromatic heterocycles. The summed E-state index contributed by atoms with van der Waals surface area (Å²) in [6, 6.07) is 4.55. The van der Waals surface area contributed by atoms with E-state index in [1.54, 1.807) is 28.4 Å². The van der Waals surface area contributed by atoms with E-state index in [0.717, 1.165) is 35.6 Å². The fourth-order valence-electron chi connectivity index (χ4n) is 3.32. The van der Waals surface area contributed by atoms with Gasteiger partial charge in [0.25, 0.3) is 5.91 Å². The van der Waals surface area contributed by atoms with Crippen molar-refractivity contribution >= 4 is 17.2 Å². The number of H-pyrrole nitrogens is 1. The zero-order chi connectivity index (χ0) is 18.5. The van der Waals surface area contributed by atoms with Gasteiger partial charge < -0.3 is 10.6 Å². The standard InChI is InChI=1S/C18H23N7OS/c26-18(20-10-13-11-21-23-17(13)16-5-3-9-27-16)15-12-25(24-22-15)8-6-14-4-1-2-7-19-14/h3,5,9,11-12,14,19H,1-2,4,6-8,10H2,(H,20,26)(H,21,23)/t14-/m1/s1. The first-order valence-electron chi connectivity index (χ1n) is 9.27. The average molecular weight is 385 g/mol. The number of amides is 1. The summed E-state index contributed by atoms with van der Waals surface area (Å²) in [5, 5.41) is 23.6. The molecule has 4 heterocycles. The lowest BCUT2D eigenvalue weighted by Gasteiger charge is -2.23. The average Bonchev–Trinajstić information content (AvgIpc) is 3.46. The molecule has 8 nitrogen and oxygen atoms in total. The molecule has 1 amide bonds. The summed E-state index contributed by atoms with van der Waals surface area (Å²) < 4.78 is 1.75. The molecule has 1 saturated heterocycles. The Hall–Kier alpha value is -2.52. The molecule has 1 atom stereocenters. The first-order chi connectivity index (χ1) is 13.3. The molecule has 1 aliphatic rings. The maximum absolute atomic E-state index is 12.4. The van der Waals surface area contributed by atoms with Gasteiger partial charge in [0, 0.05) is 24.7 Å². The molecule has 27 heavy (non-hydrogen) atoms. The van der Waals surface area contributed by atoms with E-state index in [1.165, 1.54) is 19.3 Å². The summed E-state index contributed by atoms with van der Waals surface area (Å²) in [7, 11) is 0. The van der Waals surface area contributed by atoms with Crippen molar-refractivity contribution in [3.8, 4) is 10.6 Å². The van der Waals surface area contributed by atoms with Crippen molar-refractivity contribution < 1.29 is 4.79 Å². The van der Waals surface area contributed by atoms with Crippen molar-refractivity contribution in [3.63, 3.8) is 0 Å². The number of nitrogens with zero attached hydrogens (tertiary/aromatic N) is 4. The number of piperidine rings is 1. The Morgan fingerprint density at radius 1 is 1.41 bits per heavy atom. The number of rotatable bonds is 7. The van der Waals surface area contributed by atoms with Crippen molar-refractivity contribution in [1.29, 1.82) is 0 Å². The Bertz CT molecular complexity index is 864. The summed E-state index contributed by atoms with van der Waals surface area (Å²) in [4.78, 5) is 13.5. The van der Waals surface area contributed by atoms with Crippen LogP contribution in [0.3, 0.4) is 0 Å². The maximum atomic E-state index is 12.4. The van der Waals surface area contributed by atoms with E-state index in [0.29, 0.717) is 18.3 Å². The van der Waals surface area contributed by atoms with E-state index >= 15 is 0 Å². The number of hydrogen-bond donors (Lipinski definition) is 3. The van der Waals surface area contributed by atoms with Gasteiger partial charge in [-0.2, -0.15) is 5.10 Å². The Morgan fingerprint density at radius 3 is 3.19 bits per heavy atom. The van der Waals surface area contributed by atoms with Crippen LogP contribution < -0.4 is 10.6 Å². The third kappa shape index (κ3) is 4.42. The topological polar surface area (TPSA) is 101 Å². The molecule has 0 saturated carbocycles. The van der Waals surface area contributed by atoms with Crippen LogP contribution in [0.15, 0.2) is 29.9 Å². The predicted octanol–water partition coefficient (Wildman–Crippen LogP) is 2.19. The molecule has 142 valence electrons. The minimum atomic E-state index is -0.227. The fraction of sp³-hybridized carbons (Fsp3) is 0.444. The van der Waals surface area contributed by atoms with Gasteiger partial charge >= 0.3 is 0 Å². The lowest BCUT2D eigenvalue weighted by Crippen LogP contribution is -2.34. The molecular formula is C18H23N7OS. The largest absolute Gasteiger partial charge is 0.346 e. The number of aryl methyl sites for hydroxylation is 1. The lowest BCUT2D eigenvalue weighted by molar-refractivity contribution is 0.0946. The van der Waals surface area contributed by atoms with Gasteiger partial charge in [0.1, 0.15) is 0 Å². The van der Waals surface area contributed by atoms with Gasteiger partial charge in [-0.1, -0.05) is 17.7 Å². The number of carbonyl (C=O) groups is 1. The van der Waals surface area contributed by atoms with E-state index in [-0.39, 0.29) is 5.91 Å². The Balaban J connectivity index is 1.30. The van der Waals surface area contributed by atoms with Crippen LogP contribution in [0.25, 0.3) is 10.6 Å². The monoisotopic (exact) mass is 385 g/mol. The van der Waals surface area contributed by atoms with Gasteiger partial charge in [0.2, 0.25) is 0 Å². The number of nitrogens with one attached hydrogen (secondary N) is 3. The molecule has 3 N–H and O–H groups in total. The number of aromatic nitrogens is 5. The molecule has 1 aliphatic heterocycles. The summed E-state index contributed by atoms with van der Waals surface area (Å²) in [6.45, 7) is 2.25. The minimum absolute atomic E-state index is 0.227. The van der Waals surface area contributed by atoms with E-state index in [1.807, 2.05) is 17.5 Å². The van der Waals surface area contributed by atoms with Crippen LogP contribution in [0.5, 0.6) is 0 Å². The van der Waals surface area contributed by atoms with Gasteiger partial charge in [-0.05, 0) is 37.3 Å². The first kappa shape index (κ1) is 17.9. The number of thiophene rings is 1. The molecule has 4 rings (SSSR count). The van der Waals surface area contributed by atoms with Crippen LogP contribution in [0.1, 0.15) is 41.7 Å². The third-order valence-electron chi connectivity index (χ3n) is 4.82. The van der Waals surface area contributed by atoms with Crippen molar-refractivity contribution in [1.82, 2.24) is 35.8 Å². The zero-order valence-corrected chi connectivity index (χ0v) is 15.8. The Morgan fingerprint density at radius 2 is 2.37 bits per heavy atom. The molecule has 0 aromatic carbocycles. The van der Waals surface area contributed by atoms with E-state index < -0.39 is 0 Å². The smallest absolute Gasteiger partial charge is 0.273 e. The Kier molecular flexibility index (Phi) is 5.59. The van der Waals surface area contributed by atoms with Crippen molar-refractivity contribution in [2.75, 3.05) is 6.54 Å². The highest BCUT2D eigenvalue weighted by Gasteiger charge is 2.15. The minimum Gasteiger partial charge on any atom is -0.346 e. The van der Waals surface area contributed by atoms with Crippen molar-refractivity contribution in [3.05, 3.63) is 41.2 Å². The SMILES string of the molecule is O=C(NCc1cn[nH]c1-c1cccs1)c1cn(CC[C@H]2CCCCN2)nn1. The fourth-order valence-corrected chi connectivity index (χ4v) is 4.07. The van der Waals surface area contributed by atoms with Gasteiger partial charge in [-0.25, -0.2) is 0 Å². The molecule has 0 bridgehead atoms. The molecule has 1 fully saturated rings. The molecule has 3 aromatic rings.